The maximum Gasteiger partial charge on any atom is 0.00645 e. The average Bonchev–Trinajstić information content (AvgIpc) is 2.39. The highest BCUT2D eigenvalue weighted by Crippen LogP contribution is 2.33. The van der Waals surface area contributed by atoms with Gasteiger partial charge in [-0.25, -0.2) is 0 Å². The third-order valence-electron chi connectivity index (χ3n) is 4.64. The van der Waals surface area contributed by atoms with E-state index in [0.29, 0.717) is 0 Å². The van der Waals surface area contributed by atoms with E-state index >= 15 is 0 Å². The molecule has 1 aliphatic carbocycles. The largest absolute Gasteiger partial charge is 0.314 e. The van der Waals surface area contributed by atoms with Crippen molar-refractivity contribution in [3.05, 3.63) is 0 Å². The van der Waals surface area contributed by atoms with E-state index in [-0.39, 0.29) is 0 Å². The summed E-state index contributed by atoms with van der Waals surface area (Å²) in [5.41, 5.74) is 0. The molecule has 1 saturated carbocycles. The number of hydrogen-bond acceptors (Lipinski definition) is 1. The molecule has 1 aliphatic rings. The third-order valence-corrected chi connectivity index (χ3v) is 4.64. The van der Waals surface area contributed by atoms with Crippen molar-refractivity contribution in [2.75, 3.05) is 6.54 Å². The molecule has 0 radical (unpaired) electrons. The predicted molar refractivity (Wildman–Crippen MR) is 77.3 cm³/mol. The molecule has 0 aliphatic heterocycles. The van der Waals surface area contributed by atoms with Gasteiger partial charge in [-0.1, -0.05) is 52.9 Å². The monoisotopic (exact) mass is 239 g/mol. The minimum Gasteiger partial charge on any atom is -0.314 e. The fourth-order valence-corrected chi connectivity index (χ4v) is 3.16. The summed E-state index contributed by atoms with van der Waals surface area (Å²) in [5, 5.41) is 3.68. The third kappa shape index (κ3) is 5.90. The van der Waals surface area contributed by atoms with Crippen molar-refractivity contribution < 1.29 is 0 Å². The Balaban J connectivity index is 2.12. The zero-order valence-corrected chi connectivity index (χ0v) is 12.3. The van der Waals surface area contributed by atoms with E-state index in [9.17, 15) is 0 Å². The number of rotatable bonds is 8. The van der Waals surface area contributed by atoms with Crippen molar-refractivity contribution in [1.82, 2.24) is 5.32 Å². The van der Waals surface area contributed by atoms with E-state index in [1.807, 2.05) is 0 Å². The number of nitrogens with one attached hydrogen (secondary N) is 1. The summed E-state index contributed by atoms with van der Waals surface area (Å²) in [6.45, 7) is 8.13. The van der Waals surface area contributed by atoms with E-state index in [0.717, 1.165) is 17.9 Å². The topological polar surface area (TPSA) is 12.0 Å². The molecule has 17 heavy (non-hydrogen) atoms. The lowest BCUT2D eigenvalue weighted by atomic mass is 9.78. The number of hydrogen-bond donors (Lipinski definition) is 1. The van der Waals surface area contributed by atoms with Crippen molar-refractivity contribution in [2.24, 2.45) is 11.8 Å². The fraction of sp³-hybridized carbons (Fsp3) is 1.00. The molecule has 0 bridgehead atoms. The molecule has 1 fully saturated rings. The van der Waals surface area contributed by atoms with Gasteiger partial charge in [0, 0.05) is 6.04 Å². The van der Waals surface area contributed by atoms with Gasteiger partial charge in [0.25, 0.3) is 0 Å². The lowest BCUT2D eigenvalue weighted by molar-refractivity contribution is 0.247. The zero-order valence-electron chi connectivity index (χ0n) is 12.3. The molecule has 1 rings (SSSR count). The Kier molecular flexibility index (Phi) is 7.92. The molecular weight excluding hydrogens is 206 g/mol. The molecule has 102 valence electrons. The first-order chi connectivity index (χ1) is 8.30. The first-order valence-corrected chi connectivity index (χ1v) is 8.03. The highest BCUT2D eigenvalue weighted by atomic mass is 14.9. The summed E-state index contributed by atoms with van der Waals surface area (Å²) in [5.74, 6) is 2.08. The van der Waals surface area contributed by atoms with Crippen LogP contribution < -0.4 is 5.32 Å². The van der Waals surface area contributed by atoms with Gasteiger partial charge < -0.3 is 5.32 Å². The molecule has 0 aromatic heterocycles. The molecule has 1 atom stereocenters. The fourth-order valence-electron chi connectivity index (χ4n) is 3.16. The molecule has 0 aromatic rings. The van der Waals surface area contributed by atoms with Gasteiger partial charge in [0.2, 0.25) is 0 Å². The second kappa shape index (κ2) is 8.97. The molecule has 0 heterocycles. The van der Waals surface area contributed by atoms with Crippen LogP contribution in [0.15, 0.2) is 0 Å². The van der Waals surface area contributed by atoms with Crippen LogP contribution in [0.2, 0.25) is 0 Å². The first-order valence-electron chi connectivity index (χ1n) is 8.03. The van der Waals surface area contributed by atoms with Crippen LogP contribution in [-0.4, -0.2) is 12.6 Å². The Labute approximate surface area is 109 Å². The van der Waals surface area contributed by atoms with Crippen LogP contribution in [0.3, 0.4) is 0 Å². The van der Waals surface area contributed by atoms with Crippen LogP contribution in [0.25, 0.3) is 0 Å². The van der Waals surface area contributed by atoms with Crippen molar-refractivity contribution >= 4 is 0 Å². The Morgan fingerprint density at radius 1 is 1.00 bits per heavy atom. The van der Waals surface area contributed by atoms with E-state index in [2.05, 4.69) is 26.1 Å². The summed E-state index contributed by atoms with van der Waals surface area (Å²) in [6.07, 6.45) is 12.8. The SMILES string of the molecule is CCCNC(CC)CCC1CCC(CC)CC1. The van der Waals surface area contributed by atoms with E-state index in [4.69, 9.17) is 0 Å². The highest BCUT2D eigenvalue weighted by Gasteiger charge is 2.20. The Hall–Kier alpha value is -0.0400. The minimum absolute atomic E-state index is 0.777. The van der Waals surface area contributed by atoms with Gasteiger partial charge in [0.05, 0.1) is 0 Å². The van der Waals surface area contributed by atoms with Crippen molar-refractivity contribution in [2.45, 2.75) is 84.6 Å². The average molecular weight is 239 g/mol. The van der Waals surface area contributed by atoms with E-state index in [1.54, 1.807) is 0 Å². The zero-order chi connectivity index (χ0) is 12.5. The van der Waals surface area contributed by atoms with Crippen LogP contribution in [0.4, 0.5) is 0 Å². The first kappa shape index (κ1) is 15.0. The Bertz CT molecular complexity index is 170. The molecule has 0 aromatic carbocycles. The maximum atomic E-state index is 3.68. The smallest absolute Gasteiger partial charge is 0.00645 e. The van der Waals surface area contributed by atoms with E-state index in [1.165, 1.54) is 64.3 Å². The van der Waals surface area contributed by atoms with Gasteiger partial charge in [-0.3, -0.25) is 0 Å². The maximum absolute atomic E-state index is 3.68. The molecule has 0 amide bonds. The summed E-state index contributed by atoms with van der Waals surface area (Å²) in [4.78, 5) is 0. The Morgan fingerprint density at radius 2 is 1.65 bits per heavy atom. The summed E-state index contributed by atoms with van der Waals surface area (Å²) in [7, 11) is 0. The quantitative estimate of drug-likeness (QED) is 0.644. The van der Waals surface area contributed by atoms with Gasteiger partial charge in [0.15, 0.2) is 0 Å². The second-order valence-electron chi connectivity index (χ2n) is 5.93. The van der Waals surface area contributed by atoms with Crippen LogP contribution in [0, 0.1) is 11.8 Å². The van der Waals surface area contributed by atoms with Crippen LogP contribution in [0.1, 0.15) is 78.6 Å². The molecule has 0 spiro atoms. The van der Waals surface area contributed by atoms with Crippen molar-refractivity contribution in [3.8, 4) is 0 Å². The molecule has 1 nitrogen and oxygen atoms in total. The van der Waals surface area contributed by atoms with Crippen LogP contribution in [-0.2, 0) is 0 Å². The van der Waals surface area contributed by atoms with Gasteiger partial charge in [-0.2, -0.15) is 0 Å². The predicted octanol–water partition coefficient (Wildman–Crippen LogP) is 4.76. The molecule has 1 N–H and O–H groups in total. The summed E-state index contributed by atoms with van der Waals surface area (Å²) in [6, 6.07) is 0.777. The summed E-state index contributed by atoms with van der Waals surface area (Å²) < 4.78 is 0. The van der Waals surface area contributed by atoms with Crippen LogP contribution >= 0.6 is 0 Å². The highest BCUT2D eigenvalue weighted by molar-refractivity contribution is 4.74. The van der Waals surface area contributed by atoms with Gasteiger partial charge in [-0.15, -0.1) is 0 Å². The van der Waals surface area contributed by atoms with Gasteiger partial charge >= 0.3 is 0 Å². The minimum atomic E-state index is 0.777. The van der Waals surface area contributed by atoms with Crippen molar-refractivity contribution in [3.63, 3.8) is 0 Å². The standard InChI is InChI=1S/C16H33N/c1-4-13-17-16(6-3)12-11-15-9-7-14(5-2)8-10-15/h14-17H,4-13H2,1-3H3. The molecular formula is C16H33N. The van der Waals surface area contributed by atoms with Gasteiger partial charge in [0.1, 0.15) is 0 Å². The molecule has 1 heteroatoms. The Morgan fingerprint density at radius 3 is 2.18 bits per heavy atom. The van der Waals surface area contributed by atoms with E-state index < -0.39 is 0 Å². The van der Waals surface area contributed by atoms with Crippen molar-refractivity contribution in [1.29, 1.82) is 0 Å². The molecule has 0 saturated heterocycles. The normalized spacial score (nSPS) is 27.0. The van der Waals surface area contributed by atoms with Gasteiger partial charge in [-0.05, 0) is 44.1 Å². The molecule has 1 unspecified atom stereocenters. The van der Waals surface area contributed by atoms with Crippen LogP contribution in [0.5, 0.6) is 0 Å². The summed E-state index contributed by atoms with van der Waals surface area (Å²) >= 11 is 0. The lowest BCUT2D eigenvalue weighted by Gasteiger charge is -2.29. The lowest BCUT2D eigenvalue weighted by Crippen LogP contribution is -2.29. The second-order valence-corrected chi connectivity index (χ2v) is 5.93.